The smallest absolute Gasteiger partial charge is 0.228 e. The standard InChI is InChI=1S/C17H18N2O3/c1-22-15-4-2-3-13(9-15)11-17(21)19-14-7-5-12(6-8-14)10-16(18)20/h2-9H,10-11H2,1H3,(H2,18,20)(H,19,21). The lowest BCUT2D eigenvalue weighted by atomic mass is 10.1. The van der Waals surface area contributed by atoms with Crippen molar-refractivity contribution in [1.29, 1.82) is 0 Å². The summed E-state index contributed by atoms with van der Waals surface area (Å²) in [4.78, 5) is 22.8. The van der Waals surface area contributed by atoms with Gasteiger partial charge in [0.15, 0.2) is 0 Å². The number of carbonyl (C=O) groups is 2. The predicted molar refractivity (Wildman–Crippen MR) is 84.7 cm³/mol. The number of hydrogen-bond acceptors (Lipinski definition) is 3. The van der Waals surface area contributed by atoms with Gasteiger partial charge in [-0.2, -0.15) is 0 Å². The summed E-state index contributed by atoms with van der Waals surface area (Å²) in [5.74, 6) is 0.229. The molecule has 0 saturated heterocycles. The van der Waals surface area contributed by atoms with E-state index in [4.69, 9.17) is 10.5 Å². The van der Waals surface area contributed by atoms with E-state index in [1.165, 1.54) is 0 Å². The van der Waals surface area contributed by atoms with Crippen LogP contribution < -0.4 is 15.8 Å². The van der Waals surface area contributed by atoms with Crippen LogP contribution >= 0.6 is 0 Å². The Labute approximate surface area is 129 Å². The summed E-state index contributed by atoms with van der Waals surface area (Å²) in [6, 6.07) is 14.4. The van der Waals surface area contributed by atoms with E-state index in [1.807, 2.05) is 24.3 Å². The highest BCUT2D eigenvalue weighted by molar-refractivity contribution is 5.92. The van der Waals surface area contributed by atoms with Gasteiger partial charge in [-0.05, 0) is 35.4 Å². The Morgan fingerprint density at radius 2 is 1.77 bits per heavy atom. The number of methoxy groups -OCH3 is 1. The molecule has 0 aliphatic carbocycles. The van der Waals surface area contributed by atoms with E-state index in [-0.39, 0.29) is 24.7 Å². The maximum atomic E-state index is 12.0. The number of rotatable bonds is 6. The first kappa shape index (κ1) is 15.6. The molecule has 0 unspecified atom stereocenters. The van der Waals surface area contributed by atoms with E-state index in [0.29, 0.717) is 5.69 Å². The monoisotopic (exact) mass is 298 g/mol. The number of amides is 2. The first-order valence-corrected chi connectivity index (χ1v) is 6.87. The summed E-state index contributed by atoms with van der Waals surface area (Å²) < 4.78 is 5.13. The second kappa shape index (κ2) is 7.26. The first-order chi connectivity index (χ1) is 10.6. The van der Waals surface area contributed by atoms with Crippen molar-refractivity contribution in [1.82, 2.24) is 0 Å². The molecule has 0 bridgehead atoms. The minimum absolute atomic E-state index is 0.115. The third-order valence-electron chi connectivity index (χ3n) is 3.11. The molecule has 0 aliphatic rings. The number of primary amides is 1. The SMILES string of the molecule is COc1cccc(CC(=O)Nc2ccc(CC(N)=O)cc2)c1. The van der Waals surface area contributed by atoms with Gasteiger partial charge in [0.05, 0.1) is 20.0 Å². The average Bonchev–Trinajstić information content (AvgIpc) is 2.49. The summed E-state index contributed by atoms with van der Waals surface area (Å²) in [7, 11) is 1.59. The quantitative estimate of drug-likeness (QED) is 0.854. The van der Waals surface area contributed by atoms with Crippen LogP contribution in [0.2, 0.25) is 0 Å². The van der Waals surface area contributed by atoms with Crippen LogP contribution in [-0.2, 0) is 22.4 Å². The van der Waals surface area contributed by atoms with Crippen molar-refractivity contribution in [3.05, 3.63) is 59.7 Å². The molecule has 2 amide bonds. The van der Waals surface area contributed by atoms with Gasteiger partial charge in [0.25, 0.3) is 0 Å². The van der Waals surface area contributed by atoms with Gasteiger partial charge >= 0.3 is 0 Å². The molecular weight excluding hydrogens is 280 g/mol. The van der Waals surface area contributed by atoms with Crippen molar-refractivity contribution in [2.75, 3.05) is 12.4 Å². The molecule has 0 aliphatic heterocycles. The van der Waals surface area contributed by atoms with Crippen LogP contribution in [0.5, 0.6) is 5.75 Å². The lowest BCUT2D eigenvalue weighted by Crippen LogP contribution is -2.15. The second-order valence-electron chi connectivity index (χ2n) is 4.92. The molecule has 22 heavy (non-hydrogen) atoms. The molecule has 0 fully saturated rings. The van der Waals surface area contributed by atoms with E-state index in [9.17, 15) is 9.59 Å². The van der Waals surface area contributed by atoms with Crippen LogP contribution in [0.1, 0.15) is 11.1 Å². The number of ether oxygens (including phenoxy) is 1. The van der Waals surface area contributed by atoms with E-state index in [2.05, 4.69) is 5.32 Å². The van der Waals surface area contributed by atoms with Gasteiger partial charge in [-0.15, -0.1) is 0 Å². The fraction of sp³-hybridized carbons (Fsp3) is 0.176. The summed E-state index contributed by atoms with van der Waals surface area (Å²) >= 11 is 0. The largest absolute Gasteiger partial charge is 0.497 e. The minimum Gasteiger partial charge on any atom is -0.497 e. The third kappa shape index (κ3) is 4.63. The lowest BCUT2D eigenvalue weighted by Gasteiger charge is -2.07. The normalized spacial score (nSPS) is 10.0. The summed E-state index contributed by atoms with van der Waals surface area (Å²) in [5.41, 5.74) is 7.51. The van der Waals surface area contributed by atoms with Gasteiger partial charge in [0.2, 0.25) is 11.8 Å². The Kier molecular flexibility index (Phi) is 5.14. The second-order valence-corrected chi connectivity index (χ2v) is 4.92. The fourth-order valence-corrected chi connectivity index (χ4v) is 2.08. The fourth-order valence-electron chi connectivity index (χ4n) is 2.08. The number of nitrogens with two attached hydrogens (primary N) is 1. The van der Waals surface area contributed by atoms with Crippen LogP contribution in [0.15, 0.2) is 48.5 Å². The van der Waals surface area contributed by atoms with Gasteiger partial charge in [-0.25, -0.2) is 0 Å². The van der Waals surface area contributed by atoms with Gasteiger partial charge in [0.1, 0.15) is 5.75 Å². The van der Waals surface area contributed by atoms with Gasteiger partial charge in [-0.3, -0.25) is 9.59 Å². The topological polar surface area (TPSA) is 81.4 Å². The number of carbonyl (C=O) groups excluding carboxylic acids is 2. The molecule has 0 spiro atoms. The minimum atomic E-state index is -0.380. The van der Waals surface area contributed by atoms with Crippen LogP contribution in [0.25, 0.3) is 0 Å². The van der Waals surface area contributed by atoms with Crippen molar-refractivity contribution in [3.8, 4) is 5.75 Å². The van der Waals surface area contributed by atoms with E-state index >= 15 is 0 Å². The Morgan fingerprint density at radius 1 is 1.05 bits per heavy atom. The summed E-state index contributed by atoms with van der Waals surface area (Å²) in [5, 5.41) is 2.81. The van der Waals surface area contributed by atoms with Crippen LogP contribution in [0, 0.1) is 0 Å². The highest BCUT2D eigenvalue weighted by Gasteiger charge is 2.06. The Morgan fingerprint density at radius 3 is 2.41 bits per heavy atom. The first-order valence-electron chi connectivity index (χ1n) is 6.87. The molecule has 0 radical (unpaired) electrons. The van der Waals surface area contributed by atoms with E-state index in [0.717, 1.165) is 16.9 Å². The molecule has 0 aromatic heterocycles. The Balaban J connectivity index is 1.95. The molecule has 2 aromatic carbocycles. The molecule has 3 N–H and O–H groups in total. The van der Waals surface area contributed by atoms with Crippen molar-refractivity contribution < 1.29 is 14.3 Å². The molecule has 114 valence electrons. The summed E-state index contributed by atoms with van der Waals surface area (Å²) in [6.07, 6.45) is 0.457. The lowest BCUT2D eigenvalue weighted by molar-refractivity contribution is -0.117. The zero-order valence-corrected chi connectivity index (χ0v) is 12.3. The maximum Gasteiger partial charge on any atom is 0.228 e. The number of nitrogens with one attached hydrogen (secondary N) is 1. The van der Waals surface area contributed by atoms with E-state index < -0.39 is 0 Å². The number of anilines is 1. The Hall–Kier alpha value is -2.82. The number of hydrogen-bond donors (Lipinski definition) is 2. The Bertz CT molecular complexity index is 666. The summed E-state index contributed by atoms with van der Waals surface area (Å²) in [6.45, 7) is 0. The molecule has 0 saturated carbocycles. The van der Waals surface area contributed by atoms with Crippen LogP contribution in [0.4, 0.5) is 5.69 Å². The van der Waals surface area contributed by atoms with Crippen molar-refractivity contribution in [2.45, 2.75) is 12.8 Å². The van der Waals surface area contributed by atoms with E-state index in [1.54, 1.807) is 31.4 Å². The molecule has 0 heterocycles. The van der Waals surface area contributed by atoms with Crippen LogP contribution in [0.3, 0.4) is 0 Å². The van der Waals surface area contributed by atoms with Crippen molar-refractivity contribution >= 4 is 17.5 Å². The zero-order valence-electron chi connectivity index (χ0n) is 12.3. The molecule has 5 nitrogen and oxygen atoms in total. The van der Waals surface area contributed by atoms with Crippen LogP contribution in [-0.4, -0.2) is 18.9 Å². The van der Waals surface area contributed by atoms with Gasteiger partial charge < -0.3 is 15.8 Å². The molecule has 2 rings (SSSR count). The van der Waals surface area contributed by atoms with Gasteiger partial charge in [-0.1, -0.05) is 24.3 Å². The molecule has 0 atom stereocenters. The van der Waals surface area contributed by atoms with Crippen molar-refractivity contribution in [2.24, 2.45) is 5.73 Å². The predicted octanol–water partition coefficient (Wildman–Crippen LogP) is 1.90. The molecule has 5 heteroatoms. The highest BCUT2D eigenvalue weighted by atomic mass is 16.5. The molecular formula is C17H18N2O3. The van der Waals surface area contributed by atoms with Gasteiger partial charge in [0, 0.05) is 5.69 Å². The van der Waals surface area contributed by atoms with Crippen molar-refractivity contribution in [3.63, 3.8) is 0 Å². The maximum absolute atomic E-state index is 12.0. The molecule has 2 aromatic rings. The zero-order chi connectivity index (χ0) is 15.9. The highest BCUT2D eigenvalue weighted by Crippen LogP contribution is 2.14. The average molecular weight is 298 g/mol. The third-order valence-corrected chi connectivity index (χ3v) is 3.11. The number of benzene rings is 2.